The number of nitrogens with zero attached hydrogens (tertiary/aromatic N) is 1. The van der Waals surface area contributed by atoms with Crippen molar-refractivity contribution in [2.75, 3.05) is 11.5 Å². The van der Waals surface area contributed by atoms with Gasteiger partial charge in [0.2, 0.25) is 0 Å². The van der Waals surface area contributed by atoms with E-state index in [1.807, 2.05) is 0 Å². The standard InChI is InChI=1S/C12H13FN2O2S/c13-12-9(6-14)2-1-3-10(12)7-15-11-4-5-18(16,17)8-11/h1-3,11,15H,4-5,7-8H2. The van der Waals surface area contributed by atoms with Gasteiger partial charge >= 0.3 is 0 Å². The quantitative estimate of drug-likeness (QED) is 0.887. The Labute approximate surface area is 105 Å². The fourth-order valence-corrected chi connectivity index (χ4v) is 3.72. The predicted octanol–water partition coefficient (Wildman–Crippen LogP) is 0.974. The number of benzene rings is 1. The highest BCUT2D eigenvalue weighted by Gasteiger charge is 2.27. The van der Waals surface area contributed by atoms with Gasteiger partial charge in [-0.1, -0.05) is 12.1 Å². The fourth-order valence-electron chi connectivity index (χ4n) is 2.01. The summed E-state index contributed by atoms with van der Waals surface area (Å²) in [6, 6.07) is 6.27. The summed E-state index contributed by atoms with van der Waals surface area (Å²) in [6.07, 6.45) is 0.557. The summed E-state index contributed by atoms with van der Waals surface area (Å²) in [5.74, 6) is -0.244. The zero-order chi connectivity index (χ0) is 13.2. The summed E-state index contributed by atoms with van der Waals surface area (Å²) in [5.41, 5.74) is 0.395. The number of rotatable bonds is 3. The predicted molar refractivity (Wildman–Crippen MR) is 65.0 cm³/mol. The maximum atomic E-state index is 13.7. The SMILES string of the molecule is N#Cc1cccc(CNC2CCS(=O)(=O)C2)c1F. The molecule has 0 aromatic heterocycles. The van der Waals surface area contributed by atoms with E-state index >= 15 is 0 Å². The molecule has 1 N–H and O–H groups in total. The second-order valence-corrected chi connectivity index (χ2v) is 6.60. The molecule has 0 saturated carbocycles. The second kappa shape index (κ2) is 5.04. The second-order valence-electron chi connectivity index (χ2n) is 4.37. The molecule has 1 fully saturated rings. The molecule has 0 aliphatic carbocycles. The zero-order valence-electron chi connectivity index (χ0n) is 9.69. The molecule has 96 valence electrons. The summed E-state index contributed by atoms with van der Waals surface area (Å²) in [5, 5.41) is 11.7. The molecule has 18 heavy (non-hydrogen) atoms. The number of sulfone groups is 1. The fraction of sp³-hybridized carbons (Fsp3) is 0.417. The Morgan fingerprint density at radius 3 is 2.89 bits per heavy atom. The van der Waals surface area contributed by atoms with Gasteiger partial charge < -0.3 is 5.32 Å². The topological polar surface area (TPSA) is 70.0 Å². The van der Waals surface area contributed by atoms with Gasteiger partial charge in [0.1, 0.15) is 11.9 Å². The minimum Gasteiger partial charge on any atom is -0.309 e. The van der Waals surface area contributed by atoms with Gasteiger partial charge in [-0.2, -0.15) is 5.26 Å². The third-order valence-corrected chi connectivity index (χ3v) is 4.78. The maximum absolute atomic E-state index is 13.7. The first-order valence-electron chi connectivity index (χ1n) is 5.63. The van der Waals surface area contributed by atoms with Crippen LogP contribution in [0.1, 0.15) is 17.5 Å². The summed E-state index contributed by atoms with van der Waals surface area (Å²) >= 11 is 0. The lowest BCUT2D eigenvalue weighted by Gasteiger charge is -2.11. The van der Waals surface area contributed by atoms with Crippen molar-refractivity contribution in [3.63, 3.8) is 0 Å². The highest BCUT2D eigenvalue weighted by atomic mass is 32.2. The molecule has 1 aliphatic heterocycles. The number of hydrogen-bond donors (Lipinski definition) is 1. The van der Waals surface area contributed by atoms with Crippen molar-refractivity contribution in [3.8, 4) is 6.07 Å². The maximum Gasteiger partial charge on any atom is 0.151 e. The molecule has 0 bridgehead atoms. The van der Waals surface area contributed by atoms with Gasteiger partial charge in [-0.05, 0) is 12.5 Å². The summed E-state index contributed by atoms with van der Waals surface area (Å²) in [7, 11) is -2.93. The Hall–Kier alpha value is -1.45. The molecule has 1 aliphatic rings. The number of nitrogens with one attached hydrogen (secondary N) is 1. The third-order valence-electron chi connectivity index (χ3n) is 3.01. The van der Waals surface area contributed by atoms with E-state index in [0.29, 0.717) is 12.0 Å². The van der Waals surface area contributed by atoms with Crippen molar-refractivity contribution in [2.45, 2.75) is 19.0 Å². The van der Waals surface area contributed by atoms with Gasteiger partial charge in [0.05, 0.1) is 17.1 Å². The largest absolute Gasteiger partial charge is 0.309 e. The van der Waals surface area contributed by atoms with E-state index in [1.165, 1.54) is 6.07 Å². The smallest absolute Gasteiger partial charge is 0.151 e. The summed E-state index contributed by atoms with van der Waals surface area (Å²) < 4.78 is 36.2. The Bertz CT molecular complexity index is 593. The van der Waals surface area contributed by atoms with Crippen LogP contribution < -0.4 is 5.32 Å². The van der Waals surface area contributed by atoms with Crippen LogP contribution in [0.3, 0.4) is 0 Å². The third kappa shape index (κ3) is 2.86. The molecule has 1 aromatic carbocycles. The molecule has 4 nitrogen and oxygen atoms in total. The molecule has 0 spiro atoms. The molecule has 1 saturated heterocycles. The monoisotopic (exact) mass is 268 g/mol. The van der Waals surface area contributed by atoms with Gasteiger partial charge in [-0.15, -0.1) is 0 Å². The first-order chi connectivity index (χ1) is 8.52. The van der Waals surface area contributed by atoms with E-state index in [2.05, 4.69) is 5.32 Å². The minimum atomic E-state index is -2.93. The molecular weight excluding hydrogens is 255 g/mol. The lowest BCUT2D eigenvalue weighted by molar-refractivity contribution is 0.531. The van der Waals surface area contributed by atoms with E-state index in [4.69, 9.17) is 5.26 Å². The lowest BCUT2D eigenvalue weighted by Crippen LogP contribution is -2.29. The summed E-state index contributed by atoms with van der Waals surface area (Å²) in [6.45, 7) is 0.238. The van der Waals surface area contributed by atoms with Crippen LogP contribution in [0.4, 0.5) is 4.39 Å². The normalized spacial score (nSPS) is 21.7. The van der Waals surface area contributed by atoms with E-state index < -0.39 is 15.7 Å². The van der Waals surface area contributed by atoms with Gasteiger partial charge in [0, 0.05) is 18.2 Å². The Morgan fingerprint density at radius 1 is 1.50 bits per heavy atom. The Balaban J connectivity index is 2.02. The van der Waals surface area contributed by atoms with Crippen LogP contribution >= 0.6 is 0 Å². The molecule has 1 aromatic rings. The summed E-state index contributed by atoms with van der Waals surface area (Å²) in [4.78, 5) is 0. The van der Waals surface area contributed by atoms with Crippen LogP contribution in [-0.4, -0.2) is 26.0 Å². The minimum absolute atomic E-state index is 0.00773. The van der Waals surface area contributed by atoms with Gasteiger partial charge in [0.15, 0.2) is 9.84 Å². The molecule has 6 heteroatoms. The number of nitriles is 1. The van der Waals surface area contributed by atoms with Gasteiger partial charge in [-0.3, -0.25) is 0 Å². The van der Waals surface area contributed by atoms with Crippen LogP contribution in [0.25, 0.3) is 0 Å². The van der Waals surface area contributed by atoms with Gasteiger partial charge in [-0.25, -0.2) is 12.8 Å². The molecule has 1 heterocycles. The van der Waals surface area contributed by atoms with Crippen LogP contribution in [0.5, 0.6) is 0 Å². The van der Waals surface area contributed by atoms with Crippen LogP contribution in [-0.2, 0) is 16.4 Å². The van der Waals surface area contributed by atoms with E-state index in [1.54, 1.807) is 18.2 Å². The first-order valence-corrected chi connectivity index (χ1v) is 7.45. The lowest BCUT2D eigenvalue weighted by atomic mass is 10.1. The Morgan fingerprint density at radius 2 is 2.28 bits per heavy atom. The van der Waals surface area contributed by atoms with Crippen molar-refractivity contribution in [1.29, 1.82) is 5.26 Å². The van der Waals surface area contributed by atoms with Gasteiger partial charge in [0.25, 0.3) is 0 Å². The highest BCUT2D eigenvalue weighted by molar-refractivity contribution is 7.91. The average molecular weight is 268 g/mol. The molecule has 0 radical (unpaired) electrons. The average Bonchev–Trinajstić information content (AvgIpc) is 2.68. The highest BCUT2D eigenvalue weighted by Crippen LogP contribution is 2.15. The Kier molecular flexibility index (Phi) is 3.64. The van der Waals surface area contributed by atoms with Crippen LogP contribution in [0.2, 0.25) is 0 Å². The number of hydrogen-bond acceptors (Lipinski definition) is 4. The molecule has 1 atom stereocenters. The van der Waals surface area contributed by atoms with Crippen molar-refractivity contribution >= 4 is 9.84 Å². The molecular formula is C12H13FN2O2S. The van der Waals surface area contributed by atoms with Crippen molar-refractivity contribution < 1.29 is 12.8 Å². The first kappa shape index (κ1) is 13.0. The molecule has 1 unspecified atom stereocenters. The van der Waals surface area contributed by atoms with E-state index in [9.17, 15) is 12.8 Å². The molecule has 0 amide bonds. The van der Waals surface area contributed by atoms with Crippen LogP contribution in [0.15, 0.2) is 18.2 Å². The van der Waals surface area contributed by atoms with Crippen molar-refractivity contribution in [2.24, 2.45) is 0 Å². The number of halogens is 1. The zero-order valence-corrected chi connectivity index (χ0v) is 10.5. The molecule has 2 rings (SSSR count). The van der Waals surface area contributed by atoms with Crippen molar-refractivity contribution in [1.82, 2.24) is 5.32 Å². The van der Waals surface area contributed by atoms with E-state index in [-0.39, 0.29) is 29.7 Å². The van der Waals surface area contributed by atoms with Crippen LogP contribution in [0, 0.1) is 17.1 Å². The van der Waals surface area contributed by atoms with Crippen molar-refractivity contribution in [3.05, 3.63) is 35.1 Å². The van der Waals surface area contributed by atoms with E-state index in [0.717, 1.165) is 0 Å².